The molecule has 0 radical (unpaired) electrons. The quantitative estimate of drug-likeness (QED) is 0.493. The van der Waals surface area contributed by atoms with Crippen molar-refractivity contribution in [1.29, 1.82) is 0 Å². The van der Waals surface area contributed by atoms with Gasteiger partial charge in [0.1, 0.15) is 17.8 Å². The van der Waals surface area contributed by atoms with Gasteiger partial charge in [0.15, 0.2) is 11.6 Å². The second-order valence-electron chi connectivity index (χ2n) is 6.56. The molecule has 1 aromatic heterocycles. The summed E-state index contributed by atoms with van der Waals surface area (Å²) in [6, 6.07) is 5.62. The average molecular weight is 402 g/mol. The van der Waals surface area contributed by atoms with Crippen LogP contribution in [-0.2, 0) is 9.53 Å². The Morgan fingerprint density at radius 2 is 2.14 bits per heavy atom. The summed E-state index contributed by atoms with van der Waals surface area (Å²) in [6.07, 6.45) is 2.83. The van der Waals surface area contributed by atoms with Crippen LogP contribution < -0.4 is 21.5 Å². The molecule has 1 saturated heterocycles. The number of rotatable bonds is 6. The number of nitrogens with zero attached hydrogens (tertiary/aromatic N) is 3. The summed E-state index contributed by atoms with van der Waals surface area (Å²) >= 11 is 0. The van der Waals surface area contributed by atoms with Crippen LogP contribution in [0.25, 0.3) is 0 Å². The Bertz CT molecular complexity index is 894. The molecule has 2 aromatic rings. The van der Waals surface area contributed by atoms with Crippen molar-refractivity contribution in [3.8, 4) is 0 Å². The molecule has 0 spiro atoms. The Hall–Kier alpha value is -3.43. The highest BCUT2D eigenvalue weighted by atomic mass is 19.1. The molecule has 1 unspecified atom stereocenters. The van der Waals surface area contributed by atoms with E-state index in [1.807, 2.05) is 4.90 Å². The first-order chi connectivity index (χ1) is 14.0. The maximum atomic E-state index is 13.7. The molecular formula is C19H23FN6O3. The van der Waals surface area contributed by atoms with Gasteiger partial charge in [0.2, 0.25) is 0 Å². The van der Waals surface area contributed by atoms with E-state index in [9.17, 15) is 14.0 Å². The number of nitrogen functional groups attached to an aromatic ring is 1. The first-order valence-electron chi connectivity index (χ1n) is 9.34. The number of hydrogen-bond acceptors (Lipinski definition) is 8. The Labute approximate surface area is 167 Å². The van der Waals surface area contributed by atoms with Gasteiger partial charge in [-0.25, -0.2) is 14.4 Å². The van der Waals surface area contributed by atoms with E-state index in [0.717, 1.165) is 12.8 Å². The second-order valence-corrected chi connectivity index (χ2v) is 6.56. The SMILES string of the molecule is CCOC(=O)C1CCCN(c2ncnc(NNC(=O)c3ccccc3F)c2N)C1. The third-order valence-corrected chi connectivity index (χ3v) is 4.62. The normalized spacial score (nSPS) is 16.2. The molecule has 0 bridgehead atoms. The number of benzene rings is 1. The van der Waals surface area contributed by atoms with Crippen LogP contribution in [0.5, 0.6) is 0 Å². The van der Waals surface area contributed by atoms with Crippen molar-refractivity contribution in [2.45, 2.75) is 19.8 Å². The lowest BCUT2D eigenvalue weighted by Crippen LogP contribution is -2.40. The van der Waals surface area contributed by atoms with E-state index in [4.69, 9.17) is 10.5 Å². The van der Waals surface area contributed by atoms with Crippen molar-refractivity contribution in [2.24, 2.45) is 5.92 Å². The van der Waals surface area contributed by atoms with Gasteiger partial charge in [0.05, 0.1) is 18.1 Å². The van der Waals surface area contributed by atoms with Crippen molar-refractivity contribution in [3.63, 3.8) is 0 Å². The highest BCUT2D eigenvalue weighted by Gasteiger charge is 2.29. The van der Waals surface area contributed by atoms with Gasteiger partial charge in [-0.2, -0.15) is 0 Å². The molecule has 0 saturated carbocycles. The molecule has 10 heteroatoms. The number of hydrogen-bond donors (Lipinski definition) is 3. The van der Waals surface area contributed by atoms with Crippen LogP contribution in [0.2, 0.25) is 0 Å². The number of nitrogens with one attached hydrogen (secondary N) is 2. The number of anilines is 3. The molecule has 154 valence electrons. The molecule has 1 aliphatic heterocycles. The van der Waals surface area contributed by atoms with Crippen LogP contribution in [0.15, 0.2) is 30.6 Å². The van der Waals surface area contributed by atoms with Crippen molar-refractivity contribution in [2.75, 3.05) is 35.8 Å². The molecule has 0 aliphatic carbocycles. The number of piperidine rings is 1. The van der Waals surface area contributed by atoms with E-state index in [1.165, 1.54) is 24.5 Å². The van der Waals surface area contributed by atoms with Crippen molar-refractivity contribution in [1.82, 2.24) is 15.4 Å². The molecule has 4 N–H and O–H groups in total. The fourth-order valence-electron chi connectivity index (χ4n) is 3.19. The van der Waals surface area contributed by atoms with Gasteiger partial charge in [-0.05, 0) is 31.9 Å². The number of esters is 1. The van der Waals surface area contributed by atoms with Crippen molar-refractivity contribution < 1.29 is 18.7 Å². The largest absolute Gasteiger partial charge is 0.466 e. The van der Waals surface area contributed by atoms with E-state index in [1.54, 1.807) is 13.0 Å². The van der Waals surface area contributed by atoms with E-state index < -0.39 is 11.7 Å². The second kappa shape index (κ2) is 9.18. The van der Waals surface area contributed by atoms with Crippen LogP contribution >= 0.6 is 0 Å². The van der Waals surface area contributed by atoms with E-state index in [2.05, 4.69) is 20.8 Å². The number of halogens is 1. The highest BCUT2D eigenvalue weighted by Crippen LogP contribution is 2.29. The van der Waals surface area contributed by atoms with Crippen LogP contribution in [-0.4, -0.2) is 41.5 Å². The zero-order valence-electron chi connectivity index (χ0n) is 16.0. The highest BCUT2D eigenvalue weighted by molar-refractivity contribution is 5.95. The number of nitrogens with two attached hydrogens (primary N) is 1. The van der Waals surface area contributed by atoms with Gasteiger partial charge in [0, 0.05) is 13.1 Å². The van der Waals surface area contributed by atoms with Gasteiger partial charge >= 0.3 is 5.97 Å². The first kappa shape index (κ1) is 20.3. The van der Waals surface area contributed by atoms with Crippen LogP contribution in [0.4, 0.5) is 21.7 Å². The molecule has 1 aromatic carbocycles. The third-order valence-electron chi connectivity index (χ3n) is 4.62. The van der Waals surface area contributed by atoms with Gasteiger partial charge in [-0.15, -0.1) is 0 Å². The fraction of sp³-hybridized carbons (Fsp3) is 0.368. The minimum Gasteiger partial charge on any atom is -0.466 e. The molecule has 1 aliphatic rings. The number of ether oxygens (including phenoxy) is 1. The summed E-state index contributed by atoms with van der Waals surface area (Å²) in [5.74, 6) is -1.16. The van der Waals surface area contributed by atoms with E-state index in [0.29, 0.717) is 25.5 Å². The lowest BCUT2D eigenvalue weighted by atomic mass is 9.98. The molecule has 2 heterocycles. The Morgan fingerprint density at radius 1 is 1.34 bits per heavy atom. The van der Waals surface area contributed by atoms with Crippen LogP contribution in [0, 0.1) is 11.7 Å². The maximum Gasteiger partial charge on any atom is 0.310 e. The van der Waals surface area contributed by atoms with Crippen molar-refractivity contribution in [3.05, 3.63) is 42.0 Å². The number of hydrazine groups is 1. The monoisotopic (exact) mass is 402 g/mol. The minimum absolute atomic E-state index is 0.110. The predicted molar refractivity (Wildman–Crippen MR) is 106 cm³/mol. The first-order valence-corrected chi connectivity index (χ1v) is 9.34. The summed E-state index contributed by atoms with van der Waals surface area (Å²) in [5, 5.41) is 0. The van der Waals surface area contributed by atoms with Crippen molar-refractivity contribution >= 4 is 29.2 Å². The zero-order chi connectivity index (χ0) is 20.8. The minimum atomic E-state index is -0.664. The fourth-order valence-corrected chi connectivity index (χ4v) is 3.19. The lowest BCUT2D eigenvalue weighted by molar-refractivity contribution is -0.148. The summed E-state index contributed by atoms with van der Waals surface area (Å²) < 4.78 is 18.8. The Balaban J connectivity index is 1.70. The Kier molecular flexibility index (Phi) is 6.43. The topological polar surface area (TPSA) is 122 Å². The summed E-state index contributed by atoms with van der Waals surface area (Å²) in [5.41, 5.74) is 11.3. The summed E-state index contributed by atoms with van der Waals surface area (Å²) in [6.45, 7) is 3.22. The van der Waals surface area contributed by atoms with Gasteiger partial charge in [0.25, 0.3) is 5.91 Å². The summed E-state index contributed by atoms with van der Waals surface area (Å²) in [7, 11) is 0. The molecule has 1 fully saturated rings. The lowest BCUT2D eigenvalue weighted by Gasteiger charge is -2.33. The van der Waals surface area contributed by atoms with Crippen LogP contribution in [0.1, 0.15) is 30.1 Å². The number of carbonyl (C=O) groups is 2. The standard InChI is InChI=1S/C19H23FN6O3/c1-2-29-19(28)12-6-5-9-26(10-12)17-15(21)16(22-11-23-17)24-25-18(27)13-7-3-4-8-14(13)20/h3-4,7-8,11-12H,2,5-6,9-10,21H2,1H3,(H,25,27)(H,22,23,24). The predicted octanol–water partition coefficient (Wildman–Crippen LogP) is 1.73. The molecule has 9 nitrogen and oxygen atoms in total. The van der Waals surface area contributed by atoms with E-state index in [-0.39, 0.29) is 29.0 Å². The molecule has 1 atom stereocenters. The van der Waals surface area contributed by atoms with Crippen LogP contribution in [0.3, 0.4) is 0 Å². The van der Waals surface area contributed by atoms with Gasteiger partial charge in [-0.3, -0.25) is 20.4 Å². The maximum absolute atomic E-state index is 13.7. The zero-order valence-corrected chi connectivity index (χ0v) is 16.0. The van der Waals surface area contributed by atoms with E-state index >= 15 is 0 Å². The number of aromatic nitrogens is 2. The Morgan fingerprint density at radius 3 is 2.90 bits per heavy atom. The third kappa shape index (κ3) is 4.71. The average Bonchev–Trinajstić information content (AvgIpc) is 2.73. The summed E-state index contributed by atoms with van der Waals surface area (Å²) in [4.78, 5) is 34.4. The number of carbonyl (C=O) groups excluding carboxylic acids is 2. The molecule has 1 amide bonds. The molecule has 3 rings (SSSR count). The van der Waals surface area contributed by atoms with Gasteiger partial charge < -0.3 is 15.4 Å². The number of amides is 1. The molecular weight excluding hydrogens is 379 g/mol. The van der Waals surface area contributed by atoms with Gasteiger partial charge in [-0.1, -0.05) is 12.1 Å². The molecule has 29 heavy (non-hydrogen) atoms. The smallest absolute Gasteiger partial charge is 0.310 e.